The Labute approximate surface area is 106 Å². The van der Waals surface area contributed by atoms with Gasteiger partial charge in [0, 0.05) is 0 Å². The van der Waals surface area contributed by atoms with Gasteiger partial charge >= 0.3 is 5.97 Å². The second-order valence-corrected chi connectivity index (χ2v) is 5.02. The van der Waals surface area contributed by atoms with Gasteiger partial charge in [-0.05, 0) is 42.4 Å². The number of phenols is 1. The van der Waals surface area contributed by atoms with E-state index in [4.69, 9.17) is 10.8 Å². The van der Waals surface area contributed by atoms with E-state index in [9.17, 15) is 9.90 Å². The Morgan fingerprint density at radius 1 is 1.39 bits per heavy atom. The minimum absolute atomic E-state index is 0.301. The lowest BCUT2D eigenvalue weighted by molar-refractivity contribution is -0.138. The summed E-state index contributed by atoms with van der Waals surface area (Å²) in [5.41, 5.74) is 7.35. The van der Waals surface area contributed by atoms with E-state index in [-0.39, 0.29) is 0 Å². The topological polar surface area (TPSA) is 83.5 Å². The van der Waals surface area contributed by atoms with Gasteiger partial charge in [0.1, 0.15) is 11.8 Å². The van der Waals surface area contributed by atoms with Crippen molar-refractivity contribution in [3.63, 3.8) is 0 Å². The molecule has 2 rings (SSSR count). The molecule has 0 saturated heterocycles. The standard InChI is InChI=1S/C14H19NO3/c15-12(14(17)18)8-9-5-6-13(16)11(7-9)10-3-1-2-4-10/h5-7,10,12,16H,1-4,8,15H2,(H,17,18). The fourth-order valence-corrected chi connectivity index (χ4v) is 2.64. The number of aromatic hydroxyl groups is 1. The van der Waals surface area contributed by atoms with Crippen molar-refractivity contribution in [2.75, 3.05) is 0 Å². The molecule has 1 fully saturated rings. The highest BCUT2D eigenvalue weighted by Crippen LogP contribution is 2.38. The lowest BCUT2D eigenvalue weighted by Gasteiger charge is -2.14. The largest absolute Gasteiger partial charge is 0.508 e. The van der Waals surface area contributed by atoms with Crippen LogP contribution in [-0.4, -0.2) is 22.2 Å². The zero-order valence-electron chi connectivity index (χ0n) is 10.3. The fourth-order valence-electron chi connectivity index (χ4n) is 2.64. The number of nitrogens with two attached hydrogens (primary N) is 1. The first kappa shape index (κ1) is 12.9. The minimum Gasteiger partial charge on any atom is -0.508 e. The quantitative estimate of drug-likeness (QED) is 0.762. The van der Waals surface area contributed by atoms with E-state index in [1.165, 1.54) is 12.8 Å². The van der Waals surface area contributed by atoms with E-state index in [2.05, 4.69) is 0 Å². The molecule has 98 valence electrons. The van der Waals surface area contributed by atoms with E-state index in [0.29, 0.717) is 18.1 Å². The second kappa shape index (κ2) is 5.40. The van der Waals surface area contributed by atoms with Crippen molar-refractivity contribution in [2.24, 2.45) is 5.73 Å². The van der Waals surface area contributed by atoms with E-state index < -0.39 is 12.0 Å². The van der Waals surface area contributed by atoms with E-state index in [1.807, 2.05) is 6.07 Å². The first-order valence-corrected chi connectivity index (χ1v) is 6.38. The first-order chi connectivity index (χ1) is 8.58. The minimum atomic E-state index is -0.995. The number of carboxylic acids is 1. The van der Waals surface area contributed by atoms with Crippen molar-refractivity contribution in [3.05, 3.63) is 29.3 Å². The molecule has 1 aromatic rings. The van der Waals surface area contributed by atoms with Gasteiger partial charge in [0.15, 0.2) is 0 Å². The van der Waals surface area contributed by atoms with Gasteiger partial charge in [-0.15, -0.1) is 0 Å². The number of hydrogen-bond donors (Lipinski definition) is 3. The summed E-state index contributed by atoms with van der Waals surface area (Å²) < 4.78 is 0. The Balaban J connectivity index is 2.17. The number of phenolic OH excluding ortho intramolecular Hbond substituents is 1. The molecule has 0 aliphatic heterocycles. The van der Waals surface area contributed by atoms with Crippen molar-refractivity contribution in [1.29, 1.82) is 0 Å². The van der Waals surface area contributed by atoms with Crippen LogP contribution in [0.2, 0.25) is 0 Å². The van der Waals surface area contributed by atoms with Gasteiger partial charge < -0.3 is 15.9 Å². The Hall–Kier alpha value is -1.55. The van der Waals surface area contributed by atoms with Crippen LogP contribution in [-0.2, 0) is 11.2 Å². The van der Waals surface area contributed by atoms with Crippen LogP contribution < -0.4 is 5.73 Å². The molecule has 0 amide bonds. The maximum atomic E-state index is 10.7. The van der Waals surface area contributed by atoms with Gasteiger partial charge in [-0.3, -0.25) is 4.79 Å². The molecule has 18 heavy (non-hydrogen) atoms. The highest BCUT2D eigenvalue weighted by atomic mass is 16.4. The Morgan fingerprint density at radius 2 is 2.06 bits per heavy atom. The molecule has 0 spiro atoms. The van der Waals surface area contributed by atoms with Gasteiger partial charge in [-0.2, -0.15) is 0 Å². The first-order valence-electron chi connectivity index (χ1n) is 6.38. The number of rotatable bonds is 4. The van der Waals surface area contributed by atoms with Gasteiger partial charge in [0.2, 0.25) is 0 Å². The lowest BCUT2D eigenvalue weighted by atomic mass is 9.93. The monoisotopic (exact) mass is 249 g/mol. The Bertz CT molecular complexity index is 439. The maximum absolute atomic E-state index is 10.7. The lowest BCUT2D eigenvalue weighted by Crippen LogP contribution is -2.32. The fraction of sp³-hybridized carbons (Fsp3) is 0.500. The number of carboxylic acid groups (broad SMARTS) is 1. The van der Waals surface area contributed by atoms with Crippen LogP contribution in [0, 0.1) is 0 Å². The number of hydrogen-bond acceptors (Lipinski definition) is 3. The Kier molecular flexibility index (Phi) is 3.87. The number of benzene rings is 1. The normalized spacial score (nSPS) is 17.8. The molecular weight excluding hydrogens is 230 g/mol. The molecule has 1 saturated carbocycles. The zero-order valence-corrected chi connectivity index (χ0v) is 10.3. The molecule has 1 aromatic carbocycles. The van der Waals surface area contributed by atoms with Crippen LogP contribution in [0.25, 0.3) is 0 Å². The van der Waals surface area contributed by atoms with E-state index >= 15 is 0 Å². The van der Waals surface area contributed by atoms with Gasteiger partial charge in [0.05, 0.1) is 0 Å². The molecule has 1 aliphatic rings. The molecule has 0 heterocycles. The smallest absolute Gasteiger partial charge is 0.320 e. The van der Waals surface area contributed by atoms with Crippen molar-refractivity contribution in [2.45, 2.75) is 44.1 Å². The summed E-state index contributed by atoms with van der Waals surface area (Å²) in [4.78, 5) is 10.7. The average Bonchev–Trinajstić information content (AvgIpc) is 2.85. The summed E-state index contributed by atoms with van der Waals surface area (Å²) in [6, 6.07) is 4.42. The summed E-state index contributed by atoms with van der Waals surface area (Å²) in [6.07, 6.45) is 4.89. The van der Waals surface area contributed by atoms with Crippen LogP contribution in [0.3, 0.4) is 0 Å². The molecule has 4 heteroatoms. The van der Waals surface area contributed by atoms with Crippen LogP contribution in [0.15, 0.2) is 18.2 Å². The summed E-state index contributed by atoms with van der Waals surface area (Å²) in [7, 11) is 0. The molecular formula is C14H19NO3. The summed E-state index contributed by atoms with van der Waals surface area (Å²) >= 11 is 0. The molecule has 1 aliphatic carbocycles. The maximum Gasteiger partial charge on any atom is 0.320 e. The summed E-state index contributed by atoms with van der Waals surface area (Å²) in [5.74, 6) is -0.272. The molecule has 0 radical (unpaired) electrons. The molecule has 0 aromatic heterocycles. The van der Waals surface area contributed by atoms with Crippen molar-refractivity contribution < 1.29 is 15.0 Å². The molecule has 1 unspecified atom stereocenters. The summed E-state index contributed by atoms with van der Waals surface area (Å²) in [5, 5.41) is 18.7. The molecule has 0 bridgehead atoms. The van der Waals surface area contributed by atoms with Gasteiger partial charge in [0.25, 0.3) is 0 Å². The third kappa shape index (κ3) is 2.82. The van der Waals surface area contributed by atoms with Crippen LogP contribution in [0.4, 0.5) is 0 Å². The number of aliphatic carboxylic acids is 1. The second-order valence-electron chi connectivity index (χ2n) is 5.02. The third-order valence-electron chi connectivity index (χ3n) is 3.66. The van der Waals surface area contributed by atoms with Crippen molar-refractivity contribution >= 4 is 5.97 Å². The highest BCUT2D eigenvalue weighted by molar-refractivity contribution is 5.73. The molecule has 1 atom stereocenters. The van der Waals surface area contributed by atoms with Crippen LogP contribution in [0.5, 0.6) is 5.75 Å². The summed E-state index contributed by atoms with van der Waals surface area (Å²) in [6.45, 7) is 0. The predicted molar refractivity (Wildman–Crippen MR) is 68.6 cm³/mol. The number of carbonyl (C=O) groups is 1. The predicted octanol–water partition coefficient (Wildman–Crippen LogP) is 2.00. The SMILES string of the molecule is NC(Cc1ccc(O)c(C2CCCC2)c1)C(=O)O. The van der Waals surface area contributed by atoms with Gasteiger partial charge in [-0.25, -0.2) is 0 Å². The van der Waals surface area contributed by atoms with Gasteiger partial charge in [-0.1, -0.05) is 25.0 Å². The van der Waals surface area contributed by atoms with E-state index in [1.54, 1.807) is 12.1 Å². The van der Waals surface area contributed by atoms with Crippen molar-refractivity contribution in [3.8, 4) is 5.75 Å². The average molecular weight is 249 g/mol. The van der Waals surface area contributed by atoms with Crippen molar-refractivity contribution in [1.82, 2.24) is 0 Å². The van der Waals surface area contributed by atoms with Crippen LogP contribution >= 0.6 is 0 Å². The zero-order chi connectivity index (χ0) is 13.1. The Morgan fingerprint density at radius 3 is 2.67 bits per heavy atom. The van der Waals surface area contributed by atoms with Crippen LogP contribution in [0.1, 0.15) is 42.7 Å². The van der Waals surface area contributed by atoms with E-state index in [0.717, 1.165) is 24.0 Å². The third-order valence-corrected chi connectivity index (χ3v) is 3.66. The molecule has 4 nitrogen and oxygen atoms in total. The molecule has 4 N–H and O–H groups in total. The highest BCUT2D eigenvalue weighted by Gasteiger charge is 2.21.